The molecule has 1 atom stereocenters. The van der Waals surface area contributed by atoms with E-state index in [1.54, 1.807) is 6.07 Å². The second-order valence-electron chi connectivity index (χ2n) is 7.88. The van der Waals surface area contributed by atoms with Crippen molar-refractivity contribution in [3.8, 4) is 5.75 Å². The van der Waals surface area contributed by atoms with Crippen LogP contribution in [0.15, 0.2) is 36.1 Å². The molecule has 0 N–H and O–H groups in total. The fourth-order valence-corrected chi connectivity index (χ4v) is 4.54. The van der Waals surface area contributed by atoms with Crippen LogP contribution in [0.25, 0.3) is 0 Å². The van der Waals surface area contributed by atoms with Gasteiger partial charge in [0.05, 0.1) is 4.75 Å². The minimum atomic E-state index is -4.79. The first-order valence-electron chi connectivity index (χ1n) is 10.6. The molecule has 8 heteroatoms. The molecule has 1 aromatic carbocycles. The maximum Gasteiger partial charge on any atom is 0.573 e. The van der Waals surface area contributed by atoms with Crippen LogP contribution >= 0.6 is 11.8 Å². The minimum Gasteiger partial charge on any atom is -0.489 e. The molecule has 0 amide bonds. The third-order valence-electron chi connectivity index (χ3n) is 5.03. The Morgan fingerprint density at radius 3 is 2.55 bits per heavy atom. The van der Waals surface area contributed by atoms with E-state index in [9.17, 15) is 22.8 Å². The zero-order chi connectivity index (χ0) is 22.9. The van der Waals surface area contributed by atoms with Crippen LogP contribution in [0.4, 0.5) is 13.2 Å². The van der Waals surface area contributed by atoms with E-state index in [2.05, 4.69) is 11.7 Å². The highest BCUT2D eigenvalue weighted by molar-refractivity contribution is 8.15. The lowest BCUT2D eigenvalue weighted by Crippen LogP contribution is -2.24. The van der Waals surface area contributed by atoms with Crippen molar-refractivity contribution in [1.29, 1.82) is 0 Å². The standard InChI is InChI=1S/C23H29F3O4S/c1-3-4-5-6-7-8-12-22(2)20(15-21(28)31-22)29-16-18(27)13-17-10-9-11-19(14-17)30-23(24,25)26/h9-11,14-15H,3-8,12-13,16H2,1-2H3. The number of thioether (sulfide) groups is 1. The molecule has 2 rings (SSSR count). The van der Waals surface area contributed by atoms with Gasteiger partial charge in [0.2, 0.25) is 5.12 Å². The molecule has 1 unspecified atom stereocenters. The second-order valence-corrected chi connectivity index (χ2v) is 9.39. The summed E-state index contributed by atoms with van der Waals surface area (Å²) in [6, 6.07) is 5.31. The summed E-state index contributed by atoms with van der Waals surface area (Å²) >= 11 is 1.22. The van der Waals surface area contributed by atoms with Crippen LogP contribution in [0.5, 0.6) is 5.75 Å². The van der Waals surface area contributed by atoms with Crippen LogP contribution in [0, 0.1) is 0 Å². The zero-order valence-electron chi connectivity index (χ0n) is 17.9. The average Bonchev–Trinajstić information content (AvgIpc) is 2.95. The molecule has 1 heterocycles. The van der Waals surface area contributed by atoms with Gasteiger partial charge in [-0.05, 0) is 31.0 Å². The van der Waals surface area contributed by atoms with Gasteiger partial charge in [0, 0.05) is 12.5 Å². The average molecular weight is 459 g/mol. The summed E-state index contributed by atoms with van der Waals surface area (Å²) in [5.74, 6) is -0.166. The Balaban J connectivity index is 1.85. The Morgan fingerprint density at radius 2 is 1.84 bits per heavy atom. The fourth-order valence-electron chi connectivity index (χ4n) is 3.46. The van der Waals surface area contributed by atoms with Crippen LogP contribution in [-0.2, 0) is 20.7 Å². The van der Waals surface area contributed by atoms with Crippen LogP contribution in [-0.4, -0.2) is 28.6 Å². The summed E-state index contributed by atoms with van der Waals surface area (Å²) in [5.41, 5.74) is 0.399. The molecule has 0 fully saturated rings. The third-order valence-corrected chi connectivity index (χ3v) is 6.20. The molecule has 0 aromatic heterocycles. The van der Waals surface area contributed by atoms with Crippen LogP contribution in [0.3, 0.4) is 0 Å². The van der Waals surface area contributed by atoms with Crippen molar-refractivity contribution >= 4 is 22.7 Å². The van der Waals surface area contributed by atoms with E-state index in [4.69, 9.17) is 4.74 Å². The molecule has 1 aliphatic rings. The van der Waals surface area contributed by atoms with Crippen LogP contribution < -0.4 is 4.74 Å². The maximum absolute atomic E-state index is 12.4. The van der Waals surface area contributed by atoms with E-state index < -0.39 is 11.1 Å². The van der Waals surface area contributed by atoms with Crippen molar-refractivity contribution in [2.45, 2.75) is 76.3 Å². The van der Waals surface area contributed by atoms with Gasteiger partial charge in [0.15, 0.2) is 5.78 Å². The molecule has 1 aliphatic heterocycles. The molecule has 0 spiro atoms. The minimum absolute atomic E-state index is 0.0857. The summed E-state index contributed by atoms with van der Waals surface area (Å²) in [5, 5.41) is -0.0899. The highest BCUT2D eigenvalue weighted by atomic mass is 32.2. The van der Waals surface area contributed by atoms with Gasteiger partial charge >= 0.3 is 6.36 Å². The molecular formula is C23H29F3O4S. The number of ketones is 1. The number of benzene rings is 1. The number of unbranched alkanes of at least 4 members (excludes halogenated alkanes) is 5. The lowest BCUT2D eigenvalue weighted by atomic mass is 9.99. The van der Waals surface area contributed by atoms with Gasteiger partial charge in [0.25, 0.3) is 0 Å². The SMILES string of the molecule is CCCCCCCCC1(C)SC(=O)C=C1OCC(=O)Cc1cccc(OC(F)(F)F)c1. The number of carbonyl (C=O) groups is 2. The highest BCUT2D eigenvalue weighted by Crippen LogP contribution is 2.44. The molecule has 0 saturated carbocycles. The van der Waals surface area contributed by atoms with E-state index >= 15 is 0 Å². The van der Waals surface area contributed by atoms with E-state index in [0.717, 1.165) is 25.7 Å². The monoisotopic (exact) mass is 458 g/mol. The predicted molar refractivity (Wildman–Crippen MR) is 115 cm³/mol. The highest BCUT2D eigenvalue weighted by Gasteiger charge is 2.39. The summed E-state index contributed by atoms with van der Waals surface area (Å²) in [6.07, 6.45) is 4.21. The molecule has 4 nitrogen and oxygen atoms in total. The Kier molecular flexibility index (Phi) is 9.47. The van der Waals surface area contributed by atoms with Crippen molar-refractivity contribution in [1.82, 2.24) is 0 Å². The van der Waals surface area contributed by atoms with Crippen molar-refractivity contribution in [3.63, 3.8) is 0 Å². The van der Waals surface area contributed by atoms with Gasteiger partial charge in [-0.1, -0.05) is 69.3 Å². The van der Waals surface area contributed by atoms with Gasteiger partial charge in [-0.2, -0.15) is 0 Å². The van der Waals surface area contributed by atoms with Crippen molar-refractivity contribution in [3.05, 3.63) is 41.7 Å². The number of ether oxygens (including phenoxy) is 2. The normalized spacial score (nSPS) is 18.7. The van der Waals surface area contributed by atoms with E-state index in [1.165, 1.54) is 55.3 Å². The van der Waals surface area contributed by atoms with Crippen molar-refractivity contribution in [2.24, 2.45) is 0 Å². The number of rotatable bonds is 13. The number of alkyl halides is 3. The summed E-state index contributed by atoms with van der Waals surface area (Å²) in [6.45, 7) is 3.88. The second kappa shape index (κ2) is 11.6. The number of Topliss-reactive ketones (excluding diaryl/α,β-unsaturated/α-hetero) is 1. The van der Waals surface area contributed by atoms with Gasteiger partial charge in [-0.15, -0.1) is 13.2 Å². The molecule has 31 heavy (non-hydrogen) atoms. The Hall–Kier alpha value is -1.96. The Morgan fingerprint density at radius 1 is 1.13 bits per heavy atom. The number of hydrogen-bond acceptors (Lipinski definition) is 5. The van der Waals surface area contributed by atoms with Crippen molar-refractivity contribution in [2.75, 3.05) is 6.61 Å². The largest absolute Gasteiger partial charge is 0.573 e. The van der Waals surface area contributed by atoms with E-state index in [-0.39, 0.29) is 29.7 Å². The van der Waals surface area contributed by atoms with Crippen molar-refractivity contribution < 1.29 is 32.2 Å². The van der Waals surface area contributed by atoms with Crippen LogP contribution in [0.2, 0.25) is 0 Å². The summed E-state index contributed by atoms with van der Waals surface area (Å²) < 4.78 is 46.1. The molecular weight excluding hydrogens is 429 g/mol. The first-order valence-corrected chi connectivity index (χ1v) is 11.4. The zero-order valence-corrected chi connectivity index (χ0v) is 18.7. The van der Waals surface area contributed by atoms with Gasteiger partial charge in [0.1, 0.15) is 18.1 Å². The summed E-state index contributed by atoms with van der Waals surface area (Å²) in [4.78, 5) is 24.3. The number of hydrogen-bond donors (Lipinski definition) is 0. The molecule has 172 valence electrons. The fraction of sp³-hybridized carbons (Fsp3) is 0.565. The topological polar surface area (TPSA) is 52.6 Å². The van der Waals surface area contributed by atoms with E-state index in [0.29, 0.717) is 11.3 Å². The lowest BCUT2D eigenvalue weighted by Gasteiger charge is -2.26. The Labute approximate surface area is 185 Å². The third kappa shape index (κ3) is 8.97. The molecule has 0 saturated heterocycles. The first kappa shape index (κ1) is 25.3. The van der Waals surface area contributed by atoms with E-state index in [1.807, 2.05) is 6.92 Å². The predicted octanol–water partition coefficient (Wildman–Crippen LogP) is 6.38. The van der Waals surface area contributed by atoms with Gasteiger partial charge < -0.3 is 9.47 Å². The smallest absolute Gasteiger partial charge is 0.489 e. The molecule has 1 aromatic rings. The number of halogens is 3. The van der Waals surface area contributed by atoms with Gasteiger partial charge in [-0.25, -0.2) is 0 Å². The summed E-state index contributed by atoms with van der Waals surface area (Å²) in [7, 11) is 0. The number of carbonyl (C=O) groups excluding carboxylic acids is 2. The van der Waals surface area contributed by atoms with Gasteiger partial charge in [-0.3, -0.25) is 9.59 Å². The lowest BCUT2D eigenvalue weighted by molar-refractivity contribution is -0.274. The quantitative estimate of drug-likeness (QED) is 0.321. The first-order chi connectivity index (χ1) is 14.6. The molecule has 0 bridgehead atoms. The maximum atomic E-state index is 12.4. The molecule has 0 aliphatic carbocycles. The van der Waals surface area contributed by atoms with Crippen LogP contribution in [0.1, 0.15) is 64.4 Å². The Bertz CT molecular complexity index is 791. The molecule has 0 radical (unpaired) electrons.